The van der Waals surface area contributed by atoms with Crippen molar-refractivity contribution in [1.82, 2.24) is 4.90 Å². The highest BCUT2D eigenvalue weighted by atomic mass is 32.1. The highest BCUT2D eigenvalue weighted by molar-refractivity contribution is 7.10. The van der Waals surface area contributed by atoms with Crippen LogP contribution in [0.4, 0.5) is 0 Å². The number of ether oxygens (including phenoxy) is 1. The second-order valence-corrected chi connectivity index (χ2v) is 6.45. The van der Waals surface area contributed by atoms with Gasteiger partial charge in [-0.15, -0.1) is 11.3 Å². The molecule has 1 aromatic heterocycles. The predicted molar refractivity (Wildman–Crippen MR) is 94.9 cm³/mol. The largest absolute Gasteiger partial charge is 0.484 e. The van der Waals surface area contributed by atoms with Gasteiger partial charge >= 0.3 is 0 Å². The molecule has 4 heteroatoms. The first-order valence-corrected chi connectivity index (χ1v) is 8.49. The lowest BCUT2D eigenvalue weighted by molar-refractivity contribution is -0.117. The molecule has 118 valence electrons. The van der Waals surface area contributed by atoms with Crippen molar-refractivity contribution in [1.29, 1.82) is 0 Å². The number of amides is 1. The van der Waals surface area contributed by atoms with E-state index in [2.05, 4.69) is 29.6 Å². The van der Waals surface area contributed by atoms with Gasteiger partial charge in [-0.1, -0.05) is 42.5 Å². The molecule has 0 bridgehead atoms. The predicted octanol–water partition coefficient (Wildman–Crippen LogP) is 4.50. The number of carbonyl (C=O) groups is 1. The number of hydrogen-bond donors (Lipinski definition) is 0. The normalized spacial score (nSPS) is 12.0. The van der Waals surface area contributed by atoms with Crippen molar-refractivity contribution in [2.45, 2.75) is 12.5 Å². The van der Waals surface area contributed by atoms with Crippen LogP contribution < -0.4 is 4.74 Å². The molecule has 3 nitrogen and oxygen atoms in total. The minimum Gasteiger partial charge on any atom is -0.484 e. The van der Waals surface area contributed by atoms with E-state index in [0.717, 1.165) is 24.0 Å². The van der Waals surface area contributed by atoms with E-state index in [0.29, 0.717) is 6.54 Å². The smallest absolute Gasteiger partial charge is 0.209 e. The van der Waals surface area contributed by atoms with Gasteiger partial charge in [0.05, 0.1) is 0 Å². The average molecular weight is 325 g/mol. The summed E-state index contributed by atoms with van der Waals surface area (Å²) in [6.45, 7) is 0.664. The molecule has 0 N–H and O–H groups in total. The van der Waals surface area contributed by atoms with Gasteiger partial charge in [-0.2, -0.15) is 0 Å². The Labute approximate surface area is 140 Å². The minimum absolute atomic E-state index is 0.0526. The topological polar surface area (TPSA) is 29.5 Å². The van der Waals surface area contributed by atoms with Crippen molar-refractivity contribution in [3.63, 3.8) is 0 Å². The summed E-state index contributed by atoms with van der Waals surface area (Å²) in [6, 6.07) is 18.4. The SMILES string of the molecule is CN(C=O)CC[C@H](Oc1cccc2ccccc12)c1cccs1. The van der Waals surface area contributed by atoms with Crippen LogP contribution >= 0.6 is 11.3 Å². The fourth-order valence-electron chi connectivity index (χ4n) is 2.56. The third-order valence-corrected chi connectivity index (χ3v) is 4.77. The summed E-state index contributed by atoms with van der Waals surface area (Å²) in [5.41, 5.74) is 0. The maximum absolute atomic E-state index is 10.8. The summed E-state index contributed by atoms with van der Waals surface area (Å²) in [5, 5.41) is 4.33. The fraction of sp³-hybridized carbons (Fsp3) is 0.211. The zero-order valence-corrected chi connectivity index (χ0v) is 13.8. The van der Waals surface area contributed by atoms with Gasteiger partial charge in [0.15, 0.2) is 0 Å². The molecule has 23 heavy (non-hydrogen) atoms. The summed E-state index contributed by atoms with van der Waals surface area (Å²) in [4.78, 5) is 13.6. The zero-order chi connectivity index (χ0) is 16.1. The van der Waals surface area contributed by atoms with E-state index in [1.165, 1.54) is 10.3 Å². The second kappa shape index (κ2) is 7.29. The van der Waals surface area contributed by atoms with E-state index >= 15 is 0 Å². The van der Waals surface area contributed by atoms with Crippen molar-refractivity contribution in [2.75, 3.05) is 13.6 Å². The highest BCUT2D eigenvalue weighted by Crippen LogP contribution is 2.32. The van der Waals surface area contributed by atoms with Gasteiger partial charge in [0, 0.05) is 30.3 Å². The molecule has 0 unspecified atom stereocenters. The molecule has 0 aliphatic heterocycles. The fourth-order valence-corrected chi connectivity index (χ4v) is 3.35. The van der Waals surface area contributed by atoms with Crippen molar-refractivity contribution >= 4 is 28.5 Å². The van der Waals surface area contributed by atoms with Crippen LogP contribution in [0, 0.1) is 0 Å². The van der Waals surface area contributed by atoms with Crippen molar-refractivity contribution in [2.24, 2.45) is 0 Å². The van der Waals surface area contributed by atoms with E-state index in [9.17, 15) is 4.79 Å². The van der Waals surface area contributed by atoms with Gasteiger partial charge in [-0.3, -0.25) is 4.79 Å². The molecule has 1 amide bonds. The van der Waals surface area contributed by atoms with E-state index in [1.807, 2.05) is 30.3 Å². The Balaban J connectivity index is 1.86. The summed E-state index contributed by atoms with van der Waals surface area (Å²) in [7, 11) is 1.79. The third kappa shape index (κ3) is 3.71. The van der Waals surface area contributed by atoms with Crippen LogP contribution in [-0.2, 0) is 4.79 Å². The first-order chi connectivity index (χ1) is 11.3. The Kier molecular flexibility index (Phi) is 4.93. The van der Waals surface area contributed by atoms with Gasteiger partial charge in [0.25, 0.3) is 0 Å². The number of fused-ring (bicyclic) bond motifs is 1. The van der Waals surface area contributed by atoms with E-state index in [4.69, 9.17) is 4.74 Å². The highest BCUT2D eigenvalue weighted by Gasteiger charge is 2.16. The van der Waals surface area contributed by atoms with Crippen molar-refractivity contribution in [3.8, 4) is 5.75 Å². The maximum atomic E-state index is 10.8. The number of rotatable bonds is 7. The van der Waals surface area contributed by atoms with Crippen LogP contribution in [0.15, 0.2) is 60.0 Å². The van der Waals surface area contributed by atoms with Gasteiger partial charge < -0.3 is 9.64 Å². The Bertz CT molecular complexity index is 765. The lowest BCUT2D eigenvalue weighted by Crippen LogP contribution is -2.21. The van der Waals surface area contributed by atoms with E-state index in [1.54, 1.807) is 23.3 Å². The first kappa shape index (κ1) is 15.6. The minimum atomic E-state index is -0.0526. The zero-order valence-electron chi connectivity index (χ0n) is 13.0. The molecule has 0 fully saturated rings. The maximum Gasteiger partial charge on any atom is 0.209 e. The van der Waals surface area contributed by atoms with Gasteiger partial charge in [-0.05, 0) is 22.9 Å². The number of carbonyl (C=O) groups excluding carboxylic acids is 1. The molecule has 3 rings (SSSR count). The molecule has 0 spiro atoms. The van der Waals surface area contributed by atoms with Crippen molar-refractivity contribution < 1.29 is 9.53 Å². The molecular formula is C19H19NO2S. The quantitative estimate of drug-likeness (QED) is 0.599. The number of nitrogens with zero attached hydrogens (tertiary/aromatic N) is 1. The van der Waals surface area contributed by atoms with Crippen molar-refractivity contribution in [3.05, 3.63) is 64.9 Å². The van der Waals surface area contributed by atoms with E-state index in [-0.39, 0.29) is 6.10 Å². The number of thiophene rings is 1. The Hall–Kier alpha value is -2.33. The summed E-state index contributed by atoms with van der Waals surface area (Å²) in [5.74, 6) is 0.884. The molecular weight excluding hydrogens is 306 g/mol. The second-order valence-electron chi connectivity index (χ2n) is 5.47. The standard InChI is InChI=1S/C19H19NO2S/c1-20(14-21)12-11-18(19-10-5-13-23-19)22-17-9-4-7-15-6-2-3-8-16(15)17/h2-10,13-14,18H,11-12H2,1H3/t18-/m0/s1. The molecule has 1 atom stereocenters. The molecule has 0 radical (unpaired) electrons. The summed E-state index contributed by atoms with van der Waals surface area (Å²) in [6.07, 6.45) is 1.56. The summed E-state index contributed by atoms with van der Waals surface area (Å²) < 4.78 is 6.33. The first-order valence-electron chi connectivity index (χ1n) is 7.61. The lowest BCUT2D eigenvalue weighted by atomic mass is 10.1. The van der Waals surface area contributed by atoms with Crippen LogP contribution in [0.1, 0.15) is 17.4 Å². The van der Waals surface area contributed by atoms with Crippen LogP contribution in [0.3, 0.4) is 0 Å². The Morgan fingerprint density at radius 1 is 1.13 bits per heavy atom. The van der Waals surface area contributed by atoms with Gasteiger partial charge in [0.1, 0.15) is 11.9 Å². The van der Waals surface area contributed by atoms with Gasteiger partial charge in [0.2, 0.25) is 6.41 Å². The molecule has 0 aliphatic carbocycles. The number of benzene rings is 2. The molecule has 2 aromatic carbocycles. The number of hydrogen-bond acceptors (Lipinski definition) is 3. The molecule has 3 aromatic rings. The molecule has 0 aliphatic rings. The monoisotopic (exact) mass is 325 g/mol. The molecule has 0 saturated heterocycles. The molecule has 0 saturated carbocycles. The molecule has 1 heterocycles. The van der Waals surface area contributed by atoms with E-state index < -0.39 is 0 Å². The Morgan fingerprint density at radius 2 is 1.96 bits per heavy atom. The summed E-state index contributed by atoms with van der Waals surface area (Å²) >= 11 is 1.68. The van der Waals surface area contributed by atoms with Crippen LogP contribution in [0.25, 0.3) is 10.8 Å². The van der Waals surface area contributed by atoms with Crippen LogP contribution in [0.5, 0.6) is 5.75 Å². The van der Waals surface area contributed by atoms with Gasteiger partial charge in [-0.25, -0.2) is 0 Å². The Morgan fingerprint density at radius 3 is 2.74 bits per heavy atom. The van der Waals surface area contributed by atoms with Crippen LogP contribution in [-0.4, -0.2) is 24.9 Å². The average Bonchev–Trinajstić information content (AvgIpc) is 3.12. The lowest BCUT2D eigenvalue weighted by Gasteiger charge is -2.21. The third-order valence-electron chi connectivity index (χ3n) is 3.80. The van der Waals surface area contributed by atoms with Crippen LogP contribution in [0.2, 0.25) is 0 Å².